The standard InChI is InChI=1S/C22H16NO/c1-24-19-13-11-16(12-14-19)20-15-18-9-5-6-10-21(18)23-22(20)17-7-3-2-4-8-17/h3-15H,1H3. The molecule has 115 valence electrons. The Morgan fingerprint density at radius 2 is 1.58 bits per heavy atom. The zero-order valence-electron chi connectivity index (χ0n) is 13.4. The minimum absolute atomic E-state index is 0.850. The van der Waals surface area contributed by atoms with Gasteiger partial charge < -0.3 is 4.74 Å². The van der Waals surface area contributed by atoms with Crippen molar-refractivity contribution in [2.24, 2.45) is 0 Å². The highest BCUT2D eigenvalue weighted by molar-refractivity contribution is 5.91. The van der Waals surface area contributed by atoms with Crippen LogP contribution >= 0.6 is 0 Å². The van der Waals surface area contributed by atoms with Crippen LogP contribution in [0, 0.1) is 6.07 Å². The predicted molar refractivity (Wildman–Crippen MR) is 98.0 cm³/mol. The van der Waals surface area contributed by atoms with Crippen molar-refractivity contribution in [3.63, 3.8) is 0 Å². The Bertz CT molecular complexity index is 976. The lowest BCUT2D eigenvalue weighted by molar-refractivity contribution is 0.415. The molecule has 0 aliphatic carbocycles. The van der Waals surface area contributed by atoms with Crippen molar-refractivity contribution >= 4 is 10.9 Å². The Labute approximate surface area is 141 Å². The van der Waals surface area contributed by atoms with Crippen LogP contribution in [0.4, 0.5) is 0 Å². The maximum absolute atomic E-state index is 5.27. The number of aromatic nitrogens is 1. The van der Waals surface area contributed by atoms with E-state index >= 15 is 0 Å². The van der Waals surface area contributed by atoms with E-state index in [1.54, 1.807) is 7.11 Å². The minimum Gasteiger partial charge on any atom is -0.497 e. The van der Waals surface area contributed by atoms with Gasteiger partial charge in [-0.15, -0.1) is 0 Å². The summed E-state index contributed by atoms with van der Waals surface area (Å²) in [7, 11) is 1.68. The topological polar surface area (TPSA) is 22.1 Å². The second-order valence-corrected chi connectivity index (χ2v) is 5.59. The van der Waals surface area contributed by atoms with Crippen LogP contribution < -0.4 is 4.74 Å². The van der Waals surface area contributed by atoms with E-state index in [0.717, 1.165) is 39.0 Å². The van der Waals surface area contributed by atoms with Crippen LogP contribution in [0.3, 0.4) is 0 Å². The number of nitrogens with zero attached hydrogens (tertiary/aromatic N) is 1. The Morgan fingerprint density at radius 1 is 0.833 bits per heavy atom. The molecule has 0 aliphatic heterocycles. The lowest BCUT2D eigenvalue weighted by Crippen LogP contribution is -1.91. The summed E-state index contributed by atoms with van der Waals surface area (Å²) in [6.45, 7) is 0. The molecular formula is C22H16NO. The zero-order valence-corrected chi connectivity index (χ0v) is 13.4. The van der Waals surface area contributed by atoms with E-state index in [4.69, 9.17) is 9.72 Å². The molecule has 0 amide bonds. The summed E-state index contributed by atoms with van der Waals surface area (Å²) in [6.07, 6.45) is 0. The van der Waals surface area contributed by atoms with Crippen LogP contribution in [0.2, 0.25) is 0 Å². The number of methoxy groups -OCH3 is 1. The fraction of sp³-hybridized carbons (Fsp3) is 0.0455. The molecule has 1 heterocycles. The molecule has 1 aromatic heterocycles. The van der Waals surface area contributed by atoms with Crippen LogP contribution in [-0.2, 0) is 0 Å². The molecule has 0 atom stereocenters. The van der Waals surface area contributed by atoms with Gasteiger partial charge in [0.25, 0.3) is 0 Å². The van der Waals surface area contributed by atoms with Crippen LogP contribution in [0.15, 0.2) is 78.9 Å². The van der Waals surface area contributed by atoms with Crippen molar-refractivity contribution in [3.05, 3.63) is 84.9 Å². The number of ether oxygens (including phenoxy) is 1. The predicted octanol–water partition coefficient (Wildman–Crippen LogP) is 5.38. The normalized spacial score (nSPS) is 10.7. The first-order chi connectivity index (χ1) is 11.8. The molecule has 0 saturated heterocycles. The lowest BCUT2D eigenvalue weighted by atomic mass is 9.97. The van der Waals surface area contributed by atoms with E-state index in [2.05, 4.69) is 30.3 Å². The van der Waals surface area contributed by atoms with Gasteiger partial charge in [-0.3, -0.25) is 0 Å². The Kier molecular flexibility index (Phi) is 3.72. The Morgan fingerprint density at radius 3 is 2.33 bits per heavy atom. The van der Waals surface area contributed by atoms with E-state index in [0.29, 0.717) is 0 Å². The smallest absolute Gasteiger partial charge is 0.118 e. The van der Waals surface area contributed by atoms with Gasteiger partial charge in [0.05, 0.1) is 18.3 Å². The van der Waals surface area contributed by atoms with Crippen molar-refractivity contribution in [2.45, 2.75) is 0 Å². The third-order valence-corrected chi connectivity index (χ3v) is 4.12. The van der Waals surface area contributed by atoms with E-state index in [-0.39, 0.29) is 0 Å². The van der Waals surface area contributed by atoms with Gasteiger partial charge in [0, 0.05) is 16.5 Å². The maximum atomic E-state index is 5.27. The van der Waals surface area contributed by atoms with Gasteiger partial charge >= 0.3 is 0 Å². The molecule has 0 spiro atoms. The summed E-state index contributed by atoms with van der Waals surface area (Å²) in [5, 5.41) is 1.13. The largest absolute Gasteiger partial charge is 0.497 e. The van der Waals surface area contributed by atoms with E-state index < -0.39 is 0 Å². The highest BCUT2D eigenvalue weighted by Gasteiger charge is 2.11. The quantitative estimate of drug-likeness (QED) is 0.507. The second kappa shape index (κ2) is 6.17. The molecule has 2 heteroatoms. The Balaban J connectivity index is 1.97. The molecular weight excluding hydrogens is 294 g/mol. The third-order valence-electron chi connectivity index (χ3n) is 4.12. The third kappa shape index (κ3) is 2.63. The van der Waals surface area contributed by atoms with Crippen molar-refractivity contribution in [1.29, 1.82) is 0 Å². The summed E-state index contributed by atoms with van der Waals surface area (Å²) in [6, 6.07) is 29.5. The minimum atomic E-state index is 0.850. The first-order valence-electron chi connectivity index (χ1n) is 7.86. The van der Waals surface area contributed by atoms with Gasteiger partial charge in [0.2, 0.25) is 0 Å². The summed E-state index contributed by atoms with van der Waals surface area (Å²) in [5.41, 5.74) is 5.30. The number of fused-ring (bicyclic) bond motifs is 1. The van der Waals surface area contributed by atoms with Crippen LogP contribution in [0.1, 0.15) is 0 Å². The molecule has 24 heavy (non-hydrogen) atoms. The molecule has 2 nitrogen and oxygen atoms in total. The monoisotopic (exact) mass is 310 g/mol. The summed E-state index contributed by atoms with van der Waals surface area (Å²) < 4.78 is 5.27. The van der Waals surface area contributed by atoms with Gasteiger partial charge in [-0.25, -0.2) is 4.98 Å². The molecule has 0 fully saturated rings. The van der Waals surface area contributed by atoms with Gasteiger partial charge in [-0.05, 0) is 35.9 Å². The number of rotatable bonds is 3. The average Bonchev–Trinajstić information content (AvgIpc) is 2.68. The highest BCUT2D eigenvalue weighted by atomic mass is 16.5. The first-order valence-corrected chi connectivity index (χ1v) is 7.86. The van der Waals surface area contributed by atoms with Gasteiger partial charge in [0.15, 0.2) is 0 Å². The highest BCUT2D eigenvalue weighted by Crippen LogP contribution is 2.33. The van der Waals surface area contributed by atoms with Gasteiger partial charge in [-0.1, -0.05) is 54.6 Å². The molecule has 3 aromatic carbocycles. The fourth-order valence-electron chi connectivity index (χ4n) is 2.87. The molecule has 4 rings (SSSR count). The maximum Gasteiger partial charge on any atom is 0.118 e. The average molecular weight is 310 g/mol. The van der Waals surface area contributed by atoms with Crippen LogP contribution in [-0.4, -0.2) is 12.1 Å². The van der Waals surface area contributed by atoms with Gasteiger partial charge in [-0.2, -0.15) is 0 Å². The zero-order chi connectivity index (χ0) is 16.4. The van der Waals surface area contributed by atoms with Crippen LogP contribution in [0.5, 0.6) is 5.75 Å². The second-order valence-electron chi connectivity index (χ2n) is 5.59. The summed E-state index contributed by atoms with van der Waals surface area (Å²) in [5.74, 6) is 0.850. The van der Waals surface area contributed by atoms with E-state index in [1.807, 2.05) is 54.6 Å². The summed E-state index contributed by atoms with van der Waals surface area (Å²) in [4.78, 5) is 4.92. The molecule has 0 aliphatic rings. The van der Waals surface area contributed by atoms with Gasteiger partial charge in [0.1, 0.15) is 5.75 Å². The van der Waals surface area contributed by atoms with Crippen molar-refractivity contribution in [1.82, 2.24) is 4.98 Å². The van der Waals surface area contributed by atoms with Crippen LogP contribution in [0.25, 0.3) is 33.3 Å². The SMILES string of the molecule is COc1ccc(-c2cc3ccccc3nc2-c2cc[c]cc2)cc1. The molecule has 4 aromatic rings. The number of para-hydroxylation sites is 1. The Hall–Kier alpha value is -3.13. The first kappa shape index (κ1) is 14.5. The van der Waals surface area contributed by atoms with Crippen molar-refractivity contribution in [3.8, 4) is 28.1 Å². The molecule has 0 bridgehead atoms. The van der Waals surface area contributed by atoms with Crippen molar-refractivity contribution in [2.75, 3.05) is 7.11 Å². The number of benzene rings is 3. The van der Waals surface area contributed by atoms with E-state index in [9.17, 15) is 0 Å². The summed E-state index contributed by atoms with van der Waals surface area (Å²) >= 11 is 0. The number of hydrogen-bond acceptors (Lipinski definition) is 2. The van der Waals surface area contributed by atoms with Crippen molar-refractivity contribution < 1.29 is 4.74 Å². The molecule has 0 N–H and O–H groups in total. The van der Waals surface area contributed by atoms with E-state index in [1.165, 1.54) is 0 Å². The molecule has 0 saturated carbocycles. The molecule has 1 radical (unpaired) electrons. The number of pyridine rings is 1. The molecule has 0 unspecified atom stereocenters. The lowest BCUT2D eigenvalue weighted by Gasteiger charge is -2.12. The fourth-order valence-corrected chi connectivity index (χ4v) is 2.87. The number of hydrogen-bond donors (Lipinski definition) is 0.